The predicted molar refractivity (Wildman–Crippen MR) is 84.4 cm³/mol. The van der Waals surface area contributed by atoms with Crippen molar-refractivity contribution in [3.63, 3.8) is 0 Å². The summed E-state index contributed by atoms with van der Waals surface area (Å²) in [6.45, 7) is 3.85. The Balaban J connectivity index is 1.65. The van der Waals surface area contributed by atoms with E-state index in [1.165, 1.54) is 0 Å². The minimum Gasteiger partial charge on any atom is -0.376 e. The van der Waals surface area contributed by atoms with E-state index in [2.05, 4.69) is 9.71 Å². The van der Waals surface area contributed by atoms with Gasteiger partial charge in [-0.1, -0.05) is 6.07 Å². The highest BCUT2D eigenvalue weighted by atomic mass is 32.2. The molecule has 3 atom stereocenters. The average Bonchev–Trinajstić information content (AvgIpc) is 3.04. The van der Waals surface area contributed by atoms with Crippen molar-refractivity contribution in [3.05, 3.63) is 29.6 Å². The summed E-state index contributed by atoms with van der Waals surface area (Å²) >= 11 is 0. The van der Waals surface area contributed by atoms with Gasteiger partial charge in [0.05, 0.1) is 19.0 Å². The topological polar surface area (TPSA) is 88.6 Å². The van der Waals surface area contributed by atoms with Crippen LogP contribution in [0.4, 0.5) is 0 Å². The number of amides is 1. The third-order valence-corrected chi connectivity index (χ3v) is 5.13. The zero-order valence-corrected chi connectivity index (χ0v) is 14.0. The van der Waals surface area contributed by atoms with E-state index < -0.39 is 10.0 Å². The fourth-order valence-corrected chi connectivity index (χ4v) is 3.77. The van der Waals surface area contributed by atoms with Crippen molar-refractivity contribution in [2.24, 2.45) is 11.8 Å². The van der Waals surface area contributed by atoms with Crippen LogP contribution in [0.25, 0.3) is 0 Å². The number of sulfonamides is 1. The van der Waals surface area contributed by atoms with E-state index >= 15 is 0 Å². The fraction of sp³-hybridized carbons (Fsp3) is 0.600. The number of aromatic nitrogens is 1. The Morgan fingerprint density at radius 1 is 1.43 bits per heavy atom. The molecule has 7 nitrogen and oxygen atoms in total. The molecular formula is C15H21N3O4S. The van der Waals surface area contributed by atoms with Crippen LogP contribution in [0.5, 0.6) is 0 Å². The normalized spacial score (nSPS) is 27.2. The van der Waals surface area contributed by atoms with Gasteiger partial charge in [0, 0.05) is 37.2 Å². The molecule has 1 aromatic rings. The van der Waals surface area contributed by atoms with Gasteiger partial charge in [-0.25, -0.2) is 18.1 Å². The highest BCUT2D eigenvalue weighted by Crippen LogP contribution is 2.33. The first-order chi connectivity index (χ1) is 10.8. The predicted octanol–water partition coefficient (Wildman–Crippen LogP) is 0.0262. The molecule has 0 radical (unpaired) electrons. The quantitative estimate of drug-likeness (QED) is 0.836. The van der Waals surface area contributed by atoms with Gasteiger partial charge in [-0.2, -0.15) is 0 Å². The van der Waals surface area contributed by atoms with Crippen molar-refractivity contribution >= 4 is 15.9 Å². The first kappa shape index (κ1) is 16.4. The second-order valence-corrected chi connectivity index (χ2v) is 8.12. The van der Waals surface area contributed by atoms with Gasteiger partial charge in [-0.15, -0.1) is 0 Å². The van der Waals surface area contributed by atoms with E-state index in [1.54, 1.807) is 11.0 Å². The molecule has 0 aliphatic carbocycles. The number of ether oxygens (including phenoxy) is 1. The molecule has 0 unspecified atom stereocenters. The number of fused-ring (bicyclic) bond motifs is 1. The van der Waals surface area contributed by atoms with Crippen molar-refractivity contribution < 1.29 is 17.9 Å². The molecule has 8 heteroatoms. The molecule has 2 saturated heterocycles. The summed E-state index contributed by atoms with van der Waals surface area (Å²) in [7, 11) is -3.21. The highest BCUT2D eigenvalue weighted by molar-refractivity contribution is 7.88. The molecule has 23 heavy (non-hydrogen) atoms. The summed E-state index contributed by atoms with van der Waals surface area (Å²) in [4.78, 5) is 18.6. The molecule has 3 rings (SSSR count). The van der Waals surface area contributed by atoms with E-state index in [0.717, 1.165) is 11.9 Å². The fourth-order valence-electron chi connectivity index (χ4n) is 3.26. The molecule has 0 bridgehead atoms. The summed E-state index contributed by atoms with van der Waals surface area (Å²) in [5.41, 5.74) is 1.25. The monoisotopic (exact) mass is 339 g/mol. The van der Waals surface area contributed by atoms with Crippen molar-refractivity contribution in [2.45, 2.75) is 13.0 Å². The number of pyridine rings is 1. The smallest absolute Gasteiger partial charge is 0.272 e. The van der Waals surface area contributed by atoms with Crippen LogP contribution < -0.4 is 4.72 Å². The summed E-state index contributed by atoms with van der Waals surface area (Å²) in [5, 5.41) is 0. The van der Waals surface area contributed by atoms with Crippen LogP contribution in [-0.4, -0.2) is 62.8 Å². The minimum absolute atomic E-state index is 0.0184. The molecule has 2 fully saturated rings. The molecule has 1 amide bonds. The second-order valence-electron chi connectivity index (χ2n) is 6.29. The minimum atomic E-state index is -3.21. The van der Waals surface area contributed by atoms with Crippen LogP contribution in [0.1, 0.15) is 16.2 Å². The molecule has 2 aliphatic rings. The molecule has 1 N–H and O–H groups in total. The molecule has 0 saturated carbocycles. The van der Waals surface area contributed by atoms with Crippen LogP contribution in [0, 0.1) is 18.8 Å². The number of nitrogens with zero attached hydrogens (tertiary/aromatic N) is 2. The number of hydrogen-bond donors (Lipinski definition) is 1. The Bertz CT molecular complexity index is 706. The summed E-state index contributed by atoms with van der Waals surface area (Å²) < 4.78 is 30.8. The van der Waals surface area contributed by atoms with Crippen LogP contribution in [0.3, 0.4) is 0 Å². The van der Waals surface area contributed by atoms with Gasteiger partial charge in [-0.05, 0) is 19.1 Å². The Labute approximate surface area is 136 Å². The maximum absolute atomic E-state index is 12.6. The van der Waals surface area contributed by atoms with Gasteiger partial charge in [0.1, 0.15) is 5.69 Å². The van der Waals surface area contributed by atoms with Crippen LogP contribution in [0.15, 0.2) is 18.2 Å². The number of hydrogen-bond acceptors (Lipinski definition) is 5. The third-order valence-electron chi connectivity index (χ3n) is 4.44. The molecule has 126 valence electrons. The zero-order chi connectivity index (χ0) is 16.6. The summed E-state index contributed by atoms with van der Waals surface area (Å²) in [5.74, 6) is 0.164. The lowest BCUT2D eigenvalue weighted by atomic mass is 9.93. The van der Waals surface area contributed by atoms with Crippen LogP contribution in [-0.2, 0) is 14.8 Å². The third kappa shape index (κ3) is 3.70. The number of rotatable bonds is 4. The standard InChI is InChI=1S/C15H21N3O4S/c1-10-4-3-5-13(17-10)15(19)18-7-12-11(6-16-23(2,20)21)9-22-14(12)8-18/h3-5,11-12,14,16H,6-9H2,1-2H3/t11-,12-,14-/m1/s1. The van der Waals surface area contributed by atoms with E-state index in [4.69, 9.17) is 4.74 Å². The Hall–Kier alpha value is -1.51. The molecule has 1 aromatic heterocycles. The zero-order valence-electron chi connectivity index (χ0n) is 13.2. The van der Waals surface area contributed by atoms with E-state index in [1.807, 2.05) is 19.1 Å². The first-order valence-corrected chi connectivity index (χ1v) is 9.52. The van der Waals surface area contributed by atoms with Crippen LogP contribution >= 0.6 is 0 Å². The van der Waals surface area contributed by atoms with E-state index in [0.29, 0.717) is 31.9 Å². The van der Waals surface area contributed by atoms with Crippen molar-refractivity contribution in [1.82, 2.24) is 14.6 Å². The number of carbonyl (C=O) groups excluding carboxylic acids is 1. The van der Waals surface area contributed by atoms with Crippen molar-refractivity contribution in [1.29, 1.82) is 0 Å². The van der Waals surface area contributed by atoms with Gasteiger partial charge in [-0.3, -0.25) is 4.79 Å². The van der Waals surface area contributed by atoms with Gasteiger partial charge >= 0.3 is 0 Å². The number of aryl methyl sites for hydroxylation is 1. The van der Waals surface area contributed by atoms with Gasteiger partial charge in [0.15, 0.2) is 0 Å². The lowest BCUT2D eigenvalue weighted by molar-refractivity contribution is 0.0673. The van der Waals surface area contributed by atoms with Gasteiger partial charge < -0.3 is 9.64 Å². The lowest BCUT2D eigenvalue weighted by Crippen LogP contribution is -2.35. The Kier molecular flexibility index (Phi) is 4.39. The number of carbonyl (C=O) groups is 1. The molecule has 0 aromatic carbocycles. The highest BCUT2D eigenvalue weighted by Gasteiger charge is 2.45. The maximum Gasteiger partial charge on any atom is 0.272 e. The largest absolute Gasteiger partial charge is 0.376 e. The SMILES string of the molecule is Cc1cccc(C(=O)N2C[C@@H]3[C@H](CNS(C)(=O)=O)CO[C@@H]3C2)n1. The molecule has 2 aliphatic heterocycles. The summed E-state index contributed by atoms with van der Waals surface area (Å²) in [6.07, 6.45) is 1.13. The lowest BCUT2D eigenvalue weighted by Gasteiger charge is -2.19. The van der Waals surface area contributed by atoms with Crippen LogP contribution in [0.2, 0.25) is 0 Å². The van der Waals surface area contributed by atoms with Gasteiger partial charge in [0.25, 0.3) is 5.91 Å². The summed E-state index contributed by atoms with van der Waals surface area (Å²) in [6, 6.07) is 5.39. The van der Waals surface area contributed by atoms with E-state index in [9.17, 15) is 13.2 Å². The molecule has 0 spiro atoms. The maximum atomic E-state index is 12.6. The Morgan fingerprint density at radius 3 is 2.91 bits per heavy atom. The van der Waals surface area contributed by atoms with Crippen molar-refractivity contribution in [2.75, 3.05) is 32.5 Å². The number of nitrogens with one attached hydrogen (secondary N) is 1. The second kappa shape index (κ2) is 6.18. The molecule has 3 heterocycles. The number of likely N-dealkylation sites (tertiary alicyclic amines) is 1. The first-order valence-electron chi connectivity index (χ1n) is 7.62. The van der Waals surface area contributed by atoms with E-state index in [-0.39, 0.29) is 23.8 Å². The average molecular weight is 339 g/mol. The molecular weight excluding hydrogens is 318 g/mol. The Morgan fingerprint density at radius 2 is 2.22 bits per heavy atom. The van der Waals surface area contributed by atoms with Gasteiger partial charge in [0.2, 0.25) is 10.0 Å². The van der Waals surface area contributed by atoms with Crippen molar-refractivity contribution in [3.8, 4) is 0 Å².